The van der Waals surface area contributed by atoms with Crippen LogP contribution in [0.2, 0.25) is 0 Å². The van der Waals surface area contributed by atoms with Crippen LogP contribution in [0.25, 0.3) is 0 Å². The van der Waals surface area contributed by atoms with E-state index in [0.717, 1.165) is 0 Å². The van der Waals surface area contributed by atoms with Gasteiger partial charge in [-0.2, -0.15) is 0 Å². The van der Waals surface area contributed by atoms with E-state index in [-0.39, 0.29) is 19.0 Å². The van der Waals surface area contributed by atoms with Gasteiger partial charge in [0, 0.05) is 5.69 Å². The number of carboxylic acids is 1. The number of rotatable bonds is 3. The summed E-state index contributed by atoms with van der Waals surface area (Å²) in [6.07, 6.45) is 0. The summed E-state index contributed by atoms with van der Waals surface area (Å²) in [5.74, 6) is -1.31. The Labute approximate surface area is 85.7 Å². The monoisotopic (exact) mass is 211 g/mol. The highest BCUT2D eigenvalue weighted by Crippen LogP contribution is 2.23. The maximum Gasteiger partial charge on any atom is 0.334 e. The molecule has 1 aliphatic heterocycles. The van der Waals surface area contributed by atoms with Crippen LogP contribution in [0.4, 0.5) is 10.1 Å². The van der Waals surface area contributed by atoms with E-state index in [1.807, 2.05) is 0 Å². The van der Waals surface area contributed by atoms with Crippen molar-refractivity contribution in [3.05, 3.63) is 30.1 Å². The lowest BCUT2D eigenvalue weighted by Gasteiger charge is -2.38. The minimum absolute atomic E-state index is 0.125. The number of carbonyl (C=O) groups is 1. The zero-order valence-corrected chi connectivity index (χ0v) is 7.87. The second-order valence-electron chi connectivity index (χ2n) is 3.51. The van der Waals surface area contributed by atoms with Gasteiger partial charge in [-0.15, -0.1) is 0 Å². The Morgan fingerprint density at radius 1 is 1.40 bits per heavy atom. The van der Waals surface area contributed by atoms with Crippen LogP contribution in [0, 0.1) is 5.82 Å². The molecule has 2 N–H and O–H groups in total. The fourth-order valence-electron chi connectivity index (χ4n) is 1.36. The van der Waals surface area contributed by atoms with E-state index < -0.39 is 11.5 Å². The molecular formula is C10H10FNO3. The highest BCUT2D eigenvalue weighted by molar-refractivity contribution is 5.84. The second-order valence-corrected chi connectivity index (χ2v) is 3.51. The average molecular weight is 211 g/mol. The Bertz CT molecular complexity index is 373. The van der Waals surface area contributed by atoms with Crippen molar-refractivity contribution in [3.8, 4) is 0 Å². The van der Waals surface area contributed by atoms with E-state index in [2.05, 4.69) is 5.32 Å². The van der Waals surface area contributed by atoms with Gasteiger partial charge < -0.3 is 15.2 Å². The Kier molecular flexibility index (Phi) is 2.32. The zero-order chi connectivity index (χ0) is 10.9. The van der Waals surface area contributed by atoms with E-state index in [0.29, 0.717) is 5.69 Å². The SMILES string of the molecule is O=C(O)C1(Nc2ccc(F)cc2)COC1. The zero-order valence-electron chi connectivity index (χ0n) is 7.87. The first-order valence-electron chi connectivity index (χ1n) is 4.47. The first-order valence-corrected chi connectivity index (χ1v) is 4.47. The van der Waals surface area contributed by atoms with Crippen LogP contribution in [-0.4, -0.2) is 29.8 Å². The molecule has 1 heterocycles. The summed E-state index contributed by atoms with van der Waals surface area (Å²) in [5.41, 5.74) is -0.486. The predicted molar refractivity (Wildman–Crippen MR) is 51.2 cm³/mol. The van der Waals surface area contributed by atoms with Gasteiger partial charge in [-0.3, -0.25) is 0 Å². The third kappa shape index (κ3) is 1.78. The lowest BCUT2D eigenvalue weighted by Crippen LogP contribution is -2.61. The number of carboxylic acid groups (broad SMARTS) is 1. The molecule has 0 radical (unpaired) electrons. The summed E-state index contributed by atoms with van der Waals surface area (Å²) < 4.78 is 17.5. The van der Waals surface area contributed by atoms with Gasteiger partial charge in [0.2, 0.25) is 0 Å². The highest BCUT2D eigenvalue weighted by Gasteiger charge is 2.46. The third-order valence-electron chi connectivity index (χ3n) is 2.33. The number of hydrogen-bond acceptors (Lipinski definition) is 3. The van der Waals surface area contributed by atoms with Crippen molar-refractivity contribution in [2.45, 2.75) is 5.54 Å². The minimum Gasteiger partial charge on any atom is -0.479 e. The fourth-order valence-corrected chi connectivity index (χ4v) is 1.36. The van der Waals surface area contributed by atoms with E-state index >= 15 is 0 Å². The summed E-state index contributed by atoms with van der Waals surface area (Å²) in [6.45, 7) is 0.249. The van der Waals surface area contributed by atoms with Crippen LogP contribution < -0.4 is 5.32 Å². The molecular weight excluding hydrogens is 201 g/mol. The number of halogens is 1. The molecule has 80 valence electrons. The molecule has 4 nitrogen and oxygen atoms in total. The van der Waals surface area contributed by atoms with Crippen LogP contribution in [0.1, 0.15) is 0 Å². The molecule has 0 amide bonds. The summed E-state index contributed by atoms with van der Waals surface area (Å²) in [4.78, 5) is 11.0. The standard InChI is InChI=1S/C10H10FNO3/c11-7-1-3-8(4-2-7)12-10(9(13)14)5-15-6-10/h1-4,12H,5-6H2,(H,13,14). The number of anilines is 1. The van der Waals surface area contributed by atoms with Gasteiger partial charge in [0.1, 0.15) is 5.82 Å². The Balaban J connectivity index is 2.13. The predicted octanol–water partition coefficient (Wildman–Crippen LogP) is 1.09. The van der Waals surface area contributed by atoms with Crippen molar-refractivity contribution < 1.29 is 19.0 Å². The van der Waals surface area contributed by atoms with Gasteiger partial charge in [-0.05, 0) is 24.3 Å². The van der Waals surface area contributed by atoms with Gasteiger partial charge in [0.25, 0.3) is 0 Å². The molecule has 1 aromatic rings. The second kappa shape index (κ2) is 3.51. The van der Waals surface area contributed by atoms with Gasteiger partial charge in [0.15, 0.2) is 5.54 Å². The number of aliphatic carboxylic acids is 1. The lowest BCUT2D eigenvalue weighted by atomic mass is 9.97. The van der Waals surface area contributed by atoms with E-state index in [9.17, 15) is 9.18 Å². The number of nitrogens with one attached hydrogen (secondary N) is 1. The molecule has 15 heavy (non-hydrogen) atoms. The van der Waals surface area contributed by atoms with Crippen LogP contribution >= 0.6 is 0 Å². The molecule has 0 bridgehead atoms. The van der Waals surface area contributed by atoms with Gasteiger partial charge >= 0.3 is 5.97 Å². The van der Waals surface area contributed by atoms with Crippen molar-refractivity contribution in [1.29, 1.82) is 0 Å². The quantitative estimate of drug-likeness (QED) is 0.785. The first-order chi connectivity index (χ1) is 7.12. The average Bonchev–Trinajstić information content (AvgIpc) is 2.13. The van der Waals surface area contributed by atoms with Crippen molar-refractivity contribution in [2.24, 2.45) is 0 Å². The van der Waals surface area contributed by atoms with Crippen LogP contribution in [0.3, 0.4) is 0 Å². The molecule has 0 spiro atoms. The molecule has 5 heteroatoms. The van der Waals surface area contributed by atoms with Gasteiger partial charge in [-0.25, -0.2) is 9.18 Å². The van der Waals surface area contributed by atoms with Gasteiger partial charge in [0.05, 0.1) is 13.2 Å². The van der Waals surface area contributed by atoms with Crippen LogP contribution in [0.15, 0.2) is 24.3 Å². The van der Waals surface area contributed by atoms with E-state index in [1.165, 1.54) is 24.3 Å². The maximum atomic E-state index is 12.6. The number of ether oxygens (including phenoxy) is 1. The molecule has 1 fully saturated rings. The molecule has 0 atom stereocenters. The fraction of sp³-hybridized carbons (Fsp3) is 0.300. The first kappa shape index (κ1) is 9.92. The van der Waals surface area contributed by atoms with Crippen LogP contribution in [0.5, 0.6) is 0 Å². The largest absolute Gasteiger partial charge is 0.479 e. The van der Waals surface area contributed by atoms with Crippen molar-refractivity contribution in [1.82, 2.24) is 0 Å². The normalized spacial score (nSPS) is 17.9. The summed E-state index contributed by atoms with van der Waals surface area (Å²) in [7, 11) is 0. The van der Waals surface area contributed by atoms with Gasteiger partial charge in [-0.1, -0.05) is 0 Å². The molecule has 0 saturated carbocycles. The molecule has 1 aliphatic rings. The number of benzene rings is 1. The molecule has 0 aromatic heterocycles. The molecule has 1 saturated heterocycles. The highest BCUT2D eigenvalue weighted by atomic mass is 19.1. The summed E-state index contributed by atoms with van der Waals surface area (Å²) in [6, 6.07) is 5.55. The topological polar surface area (TPSA) is 58.6 Å². The summed E-state index contributed by atoms with van der Waals surface area (Å²) in [5, 5.41) is 11.8. The maximum absolute atomic E-state index is 12.6. The smallest absolute Gasteiger partial charge is 0.334 e. The van der Waals surface area contributed by atoms with Crippen LogP contribution in [-0.2, 0) is 9.53 Å². The molecule has 0 aliphatic carbocycles. The molecule has 1 aromatic carbocycles. The molecule has 0 unspecified atom stereocenters. The third-order valence-corrected chi connectivity index (χ3v) is 2.33. The van der Waals surface area contributed by atoms with E-state index in [1.54, 1.807) is 0 Å². The lowest BCUT2D eigenvalue weighted by molar-refractivity contribution is -0.158. The number of hydrogen-bond donors (Lipinski definition) is 2. The Morgan fingerprint density at radius 3 is 2.40 bits per heavy atom. The minimum atomic E-state index is -1.06. The summed E-state index contributed by atoms with van der Waals surface area (Å²) >= 11 is 0. The van der Waals surface area contributed by atoms with E-state index in [4.69, 9.17) is 9.84 Å². The van der Waals surface area contributed by atoms with Crippen molar-refractivity contribution in [2.75, 3.05) is 18.5 Å². The van der Waals surface area contributed by atoms with Crippen molar-refractivity contribution in [3.63, 3.8) is 0 Å². The molecule has 2 rings (SSSR count). The Hall–Kier alpha value is -1.62. The van der Waals surface area contributed by atoms with Crippen molar-refractivity contribution >= 4 is 11.7 Å². The Morgan fingerprint density at radius 2 is 2.00 bits per heavy atom.